The van der Waals surface area contributed by atoms with Crippen LogP contribution in [0.25, 0.3) is 0 Å². The Labute approximate surface area is 181 Å². The van der Waals surface area contributed by atoms with Crippen molar-refractivity contribution in [1.82, 2.24) is 14.9 Å². The van der Waals surface area contributed by atoms with Crippen LogP contribution in [0.4, 0.5) is 0 Å². The third kappa shape index (κ3) is 5.40. The highest BCUT2D eigenvalue weighted by atomic mass is 32.2. The molecule has 0 bridgehead atoms. The maximum absolute atomic E-state index is 12.6. The number of nitrogens with two attached hydrogens (primary N) is 1. The fourth-order valence-electron chi connectivity index (χ4n) is 3.92. The van der Waals surface area contributed by atoms with Gasteiger partial charge in [-0.2, -0.15) is 0 Å². The number of nitrogens with zero attached hydrogens (tertiary/aromatic N) is 3. The van der Waals surface area contributed by atoms with Gasteiger partial charge in [0, 0.05) is 30.9 Å². The fraction of sp³-hybridized carbons (Fsp3) is 0.800. The van der Waals surface area contributed by atoms with Crippen LogP contribution in [0.1, 0.15) is 53.4 Å². The molecular formula is C20H35BN4O4S. The third-order valence-electron chi connectivity index (χ3n) is 6.63. The predicted octanol–water partition coefficient (Wildman–Crippen LogP) is 1.00. The first kappa shape index (κ1) is 23.6. The molecule has 2 N–H and O–H groups in total. The first-order valence-electron chi connectivity index (χ1n) is 10.9. The van der Waals surface area contributed by atoms with Gasteiger partial charge in [-0.3, -0.25) is 0 Å². The summed E-state index contributed by atoms with van der Waals surface area (Å²) in [5, 5.41) is -0.125. The Morgan fingerprint density at radius 1 is 1.13 bits per heavy atom. The van der Waals surface area contributed by atoms with Gasteiger partial charge in [-0.05, 0) is 72.4 Å². The predicted molar refractivity (Wildman–Crippen MR) is 117 cm³/mol. The molecule has 2 fully saturated rings. The molecule has 1 aromatic rings. The Bertz CT molecular complexity index is 793. The molecule has 0 aromatic carbocycles. The average Bonchev–Trinajstić information content (AvgIpc) is 2.91. The van der Waals surface area contributed by atoms with E-state index in [4.69, 9.17) is 15.0 Å². The molecule has 0 saturated carbocycles. The highest BCUT2D eigenvalue weighted by molar-refractivity contribution is 7.91. The summed E-state index contributed by atoms with van der Waals surface area (Å²) in [7, 11) is -4.10. The zero-order valence-corrected chi connectivity index (χ0v) is 19.5. The van der Waals surface area contributed by atoms with Crippen molar-refractivity contribution in [3.8, 4) is 0 Å². The third-order valence-corrected chi connectivity index (χ3v) is 8.22. The quantitative estimate of drug-likeness (QED) is 0.473. The van der Waals surface area contributed by atoms with Crippen LogP contribution in [0.5, 0.6) is 0 Å². The lowest BCUT2D eigenvalue weighted by atomic mass is 9.81. The maximum Gasteiger partial charge on any atom is 0.498 e. The summed E-state index contributed by atoms with van der Waals surface area (Å²) < 4.78 is 37.2. The molecule has 3 heterocycles. The standard InChI is InChI=1S/C20H35BN4O4S/c1-19(2)20(3,4)29-21(28-19)17-14-23-18(24-15-17)30(26,27)13-5-6-16-7-10-25(11-8-16)12-9-22/h14-16H,5-13,22H2,1-4H3. The maximum atomic E-state index is 12.6. The number of sulfone groups is 1. The molecule has 3 rings (SSSR count). The minimum Gasteiger partial charge on any atom is -0.399 e. The Morgan fingerprint density at radius 2 is 1.70 bits per heavy atom. The van der Waals surface area contributed by atoms with E-state index in [0.29, 0.717) is 24.3 Å². The zero-order chi connectivity index (χ0) is 22.0. The lowest BCUT2D eigenvalue weighted by Crippen LogP contribution is -2.41. The molecule has 2 aliphatic heterocycles. The number of hydrogen-bond donors (Lipinski definition) is 1. The summed E-state index contributed by atoms with van der Waals surface area (Å²) >= 11 is 0. The van der Waals surface area contributed by atoms with Crippen molar-refractivity contribution in [1.29, 1.82) is 0 Å². The highest BCUT2D eigenvalue weighted by Gasteiger charge is 2.52. The number of piperidine rings is 1. The minimum absolute atomic E-state index is 0.0752. The summed E-state index contributed by atoms with van der Waals surface area (Å²) in [5.74, 6) is 0.659. The van der Waals surface area contributed by atoms with Gasteiger partial charge in [-0.1, -0.05) is 0 Å². The van der Waals surface area contributed by atoms with E-state index in [1.165, 1.54) is 12.4 Å². The Balaban J connectivity index is 1.51. The molecule has 0 amide bonds. The topological polar surface area (TPSA) is 108 Å². The number of hydrogen-bond acceptors (Lipinski definition) is 8. The van der Waals surface area contributed by atoms with Crippen LogP contribution >= 0.6 is 0 Å². The average molecular weight is 438 g/mol. The minimum atomic E-state index is -3.50. The van der Waals surface area contributed by atoms with Gasteiger partial charge in [0.05, 0.1) is 17.0 Å². The second-order valence-electron chi connectivity index (χ2n) is 9.42. The summed E-state index contributed by atoms with van der Waals surface area (Å²) in [6.07, 6.45) is 6.76. The summed E-state index contributed by atoms with van der Waals surface area (Å²) in [5.41, 5.74) is 5.30. The van der Waals surface area contributed by atoms with Crippen molar-refractivity contribution in [3.05, 3.63) is 12.4 Å². The number of aromatic nitrogens is 2. The first-order valence-corrected chi connectivity index (χ1v) is 12.5. The highest BCUT2D eigenvalue weighted by Crippen LogP contribution is 2.36. The van der Waals surface area contributed by atoms with Gasteiger partial charge in [0.15, 0.2) is 0 Å². The lowest BCUT2D eigenvalue weighted by Gasteiger charge is -2.32. The van der Waals surface area contributed by atoms with Crippen molar-refractivity contribution in [2.75, 3.05) is 31.9 Å². The van der Waals surface area contributed by atoms with Crippen LogP contribution in [0.3, 0.4) is 0 Å². The van der Waals surface area contributed by atoms with Crippen LogP contribution < -0.4 is 11.2 Å². The van der Waals surface area contributed by atoms with Crippen molar-refractivity contribution in [2.24, 2.45) is 11.7 Å². The molecule has 2 saturated heterocycles. The molecule has 0 radical (unpaired) electrons. The van der Waals surface area contributed by atoms with E-state index in [1.54, 1.807) is 0 Å². The molecule has 168 valence electrons. The fourth-order valence-corrected chi connectivity index (χ4v) is 5.08. The van der Waals surface area contributed by atoms with E-state index in [2.05, 4.69) is 14.9 Å². The largest absolute Gasteiger partial charge is 0.498 e. The molecular weight excluding hydrogens is 403 g/mol. The zero-order valence-electron chi connectivity index (χ0n) is 18.6. The summed E-state index contributed by atoms with van der Waals surface area (Å²) in [6, 6.07) is 0. The van der Waals surface area contributed by atoms with Crippen LogP contribution in [0.15, 0.2) is 17.6 Å². The van der Waals surface area contributed by atoms with E-state index in [-0.39, 0.29) is 10.9 Å². The Morgan fingerprint density at radius 3 is 2.23 bits per heavy atom. The van der Waals surface area contributed by atoms with Gasteiger partial charge < -0.3 is 19.9 Å². The molecule has 0 unspecified atom stereocenters. The molecule has 1 aromatic heterocycles. The Hall–Kier alpha value is -1.07. The molecule has 0 atom stereocenters. The van der Waals surface area contributed by atoms with Crippen LogP contribution in [0, 0.1) is 5.92 Å². The van der Waals surface area contributed by atoms with Crippen LogP contribution in [0.2, 0.25) is 0 Å². The summed E-state index contributed by atoms with van der Waals surface area (Å²) in [6.45, 7) is 11.6. The Kier molecular flexibility index (Phi) is 7.24. The van der Waals surface area contributed by atoms with Gasteiger partial charge >= 0.3 is 7.12 Å². The second-order valence-corrected chi connectivity index (χ2v) is 11.4. The molecule has 8 nitrogen and oxygen atoms in total. The molecule has 30 heavy (non-hydrogen) atoms. The van der Waals surface area contributed by atoms with Crippen LogP contribution in [-0.2, 0) is 19.1 Å². The second kappa shape index (κ2) is 9.20. The van der Waals surface area contributed by atoms with Gasteiger partial charge in [0.25, 0.3) is 0 Å². The first-order chi connectivity index (χ1) is 14.0. The van der Waals surface area contributed by atoms with Gasteiger partial charge in [0.1, 0.15) is 0 Å². The molecule has 0 spiro atoms. The normalized spacial score (nSPS) is 22.5. The van der Waals surface area contributed by atoms with Gasteiger partial charge in [-0.15, -0.1) is 0 Å². The van der Waals surface area contributed by atoms with Gasteiger partial charge in [0.2, 0.25) is 15.0 Å². The number of likely N-dealkylation sites (tertiary alicyclic amines) is 1. The smallest absolute Gasteiger partial charge is 0.399 e. The molecule has 2 aliphatic rings. The lowest BCUT2D eigenvalue weighted by molar-refractivity contribution is 0.00578. The van der Waals surface area contributed by atoms with E-state index in [9.17, 15) is 8.42 Å². The van der Waals surface area contributed by atoms with Crippen molar-refractivity contribution in [2.45, 2.75) is 69.7 Å². The van der Waals surface area contributed by atoms with Crippen molar-refractivity contribution >= 4 is 22.4 Å². The molecule has 10 heteroatoms. The SMILES string of the molecule is CC1(C)OB(c2cnc(S(=O)(=O)CCCC3CCN(CCN)CC3)nc2)OC1(C)C. The van der Waals surface area contributed by atoms with Crippen molar-refractivity contribution in [3.63, 3.8) is 0 Å². The van der Waals surface area contributed by atoms with Crippen molar-refractivity contribution < 1.29 is 17.7 Å². The van der Waals surface area contributed by atoms with E-state index in [1.807, 2.05) is 27.7 Å². The monoisotopic (exact) mass is 438 g/mol. The van der Waals surface area contributed by atoms with Crippen LogP contribution in [-0.4, -0.2) is 73.5 Å². The molecule has 0 aliphatic carbocycles. The van der Waals surface area contributed by atoms with E-state index in [0.717, 1.165) is 38.9 Å². The van der Waals surface area contributed by atoms with Gasteiger partial charge in [-0.25, -0.2) is 18.4 Å². The summed E-state index contributed by atoms with van der Waals surface area (Å²) in [4.78, 5) is 10.6. The van der Waals surface area contributed by atoms with E-state index < -0.39 is 28.2 Å². The number of rotatable bonds is 8. The van der Waals surface area contributed by atoms with E-state index >= 15 is 0 Å².